The minimum absolute atomic E-state index is 0.0249. The van der Waals surface area contributed by atoms with E-state index in [9.17, 15) is 14.0 Å². The number of hydrogen-bond donors (Lipinski definition) is 0. The summed E-state index contributed by atoms with van der Waals surface area (Å²) >= 11 is 0. The SMILES string of the molecule is CN(C(=O)C1CC2(COC(=O)C2)C1)C1CC(c2ccc(F)c(C(C)(C)C)c2)C1. The highest BCUT2D eigenvalue weighted by molar-refractivity contribution is 5.81. The smallest absolute Gasteiger partial charge is 0.306 e. The summed E-state index contributed by atoms with van der Waals surface area (Å²) in [5, 5.41) is 0. The lowest BCUT2D eigenvalue weighted by Gasteiger charge is -2.47. The molecular formula is C23H30FNO3. The largest absolute Gasteiger partial charge is 0.465 e. The minimum Gasteiger partial charge on any atom is -0.465 e. The lowest BCUT2D eigenvalue weighted by Crippen LogP contribution is -2.51. The van der Waals surface area contributed by atoms with Gasteiger partial charge in [-0.1, -0.05) is 32.9 Å². The van der Waals surface area contributed by atoms with E-state index >= 15 is 0 Å². The fourth-order valence-electron chi connectivity index (χ4n) is 5.08. The molecule has 0 unspecified atom stereocenters. The maximum Gasteiger partial charge on any atom is 0.306 e. The van der Waals surface area contributed by atoms with Crippen LogP contribution in [-0.4, -0.2) is 36.5 Å². The summed E-state index contributed by atoms with van der Waals surface area (Å²) in [5.74, 6) is 0.332. The Balaban J connectivity index is 1.33. The summed E-state index contributed by atoms with van der Waals surface area (Å²) in [6, 6.07) is 5.72. The Hall–Kier alpha value is -1.91. The van der Waals surface area contributed by atoms with E-state index in [1.165, 1.54) is 5.56 Å². The average Bonchev–Trinajstić information content (AvgIpc) is 2.94. The number of benzene rings is 1. The van der Waals surface area contributed by atoms with Gasteiger partial charge in [0.2, 0.25) is 5.91 Å². The van der Waals surface area contributed by atoms with Crippen LogP contribution in [0, 0.1) is 17.2 Å². The molecule has 4 rings (SSSR count). The summed E-state index contributed by atoms with van der Waals surface area (Å²) in [6.07, 6.45) is 3.86. The highest BCUT2D eigenvalue weighted by atomic mass is 19.1. The number of ether oxygens (including phenoxy) is 1. The standard InChI is InChI=1S/C23H30FNO3/c1-22(2,3)18-9-14(5-6-19(18)24)15-7-17(8-15)25(4)21(27)16-10-23(11-16)12-20(26)28-13-23/h5-6,9,15-17H,7-8,10-13H2,1-4H3. The third-order valence-electron chi connectivity index (χ3n) is 7.05. The van der Waals surface area contributed by atoms with E-state index < -0.39 is 0 Å². The highest BCUT2D eigenvalue weighted by Crippen LogP contribution is 2.52. The first-order chi connectivity index (χ1) is 13.1. The lowest BCUT2D eigenvalue weighted by atomic mass is 9.61. The Morgan fingerprint density at radius 3 is 2.50 bits per heavy atom. The van der Waals surface area contributed by atoms with Gasteiger partial charge in [0.25, 0.3) is 0 Å². The summed E-state index contributed by atoms with van der Waals surface area (Å²) in [6.45, 7) is 6.56. The van der Waals surface area contributed by atoms with Crippen molar-refractivity contribution in [2.75, 3.05) is 13.7 Å². The Labute approximate surface area is 166 Å². The van der Waals surface area contributed by atoms with Crippen LogP contribution in [0.3, 0.4) is 0 Å². The molecule has 0 N–H and O–H groups in total. The van der Waals surface area contributed by atoms with Gasteiger partial charge in [-0.2, -0.15) is 0 Å². The molecule has 1 aromatic carbocycles. The number of amides is 1. The van der Waals surface area contributed by atoms with E-state index in [1.807, 2.05) is 44.9 Å². The quantitative estimate of drug-likeness (QED) is 0.732. The number of nitrogens with zero attached hydrogens (tertiary/aromatic N) is 1. The molecular weight excluding hydrogens is 357 g/mol. The van der Waals surface area contributed by atoms with E-state index in [1.54, 1.807) is 6.07 Å². The zero-order valence-corrected chi connectivity index (χ0v) is 17.3. The molecule has 2 saturated carbocycles. The van der Waals surface area contributed by atoms with Gasteiger partial charge in [0.15, 0.2) is 0 Å². The Kier molecular flexibility index (Phi) is 4.55. The Bertz CT molecular complexity index is 801. The fraction of sp³-hybridized carbons (Fsp3) is 0.652. The molecule has 3 fully saturated rings. The molecule has 0 bridgehead atoms. The second kappa shape index (κ2) is 6.57. The van der Waals surface area contributed by atoms with Gasteiger partial charge in [-0.05, 0) is 54.2 Å². The topological polar surface area (TPSA) is 46.6 Å². The molecule has 2 aliphatic carbocycles. The monoisotopic (exact) mass is 387 g/mol. The summed E-state index contributed by atoms with van der Waals surface area (Å²) in [5.41, 5.74) is 1.64. The molecule has 1 aliphatic heterocycles. The van der Waals surface area contributed by atoms with Gasteiger partial charge >= 0.3 is 5.97 Å². The number of rotatable bonds is 3. The molecule has 152 valence electrons. The van der Waals surface area contributed by atoms with Gasteiger partial charge in [-0.3, -0.25) is 9.59 Å². The molecule has 1 heterocycles. The second-order valence-corrected chi connectivity index (χ2v) is 10.2. The van der Waals surface area contributed by atoms with Crippen LogP contribution in [-0.2, 0) is 19.7 Å². The number of carbonyl (C=O) groups excluding carboxylic acids is 2. The molecule has 1 amide bonds. The summed E-state index contributed by atoms with van der Waals surface area (Å²) < 4.78 is 19.3. The van der Waals surface area contributed by atoms with E-state index in [4.69, 9.17) is 4.74 Å². The van der Waals surface area contributed by atoms with Crippen LogP contribution >= 0.6 is 0 Å². The average molecular weight is 387 g/mol. The zero-order valence-electron chi connectivity index (χ0n) is 17.3. The highest BCUT2D eigenvalue weighted by Gasteiger charge is 2.53. The summed E-state index contributed by atoms with van der Waals surface area (Å²) in [7, 11) is 1.90. The Morgan fingerprint density at radius 2 is 1.93 bits per heavy atom. The van der Waals surface area contributed by atoms with Gasteiger partial charge in [0.1, 0.15) is 5.82 Å². The van der Waals surface area contributed by atoms with E-state index in [0.29, 0.717) is 18.9 Å². The van der Waals surface area contributed by atoms with Gasteiger partial charge < -0.3 is 9.64 Å². The van der Waals surface area contributed by atoms with Crippen molar-refractivity contribution in [2.24, 2.45) is 11.3 Å². The Morgan fingerprint density at radius 1 is 1.25 bits per heavy atom. The molecule has 0 radical (unpaired) electrons. The normalized spacial score (nSPS) is 31.9. The maximum atomic E-state index is 14.2. The van der Waals surface area contributed by atoms with Crippen LogP contribution < -0.4 is 0 Å². The van der Waals surface area contributed by atoms with Crippen molar-refractivity contribution in [1.29, 1.82) is 0 Å². The van der Waals surface area contributed by atoms with Crippen LogP contribution in [0.2, 0.25) is 0 Å². The minimum atomic E-state index is -0.221. The fourth-order valence-corrected chi connectivity index (χ4v) is 5.08. The molecule has 0 aromatic heterocycles. The van der Waals surface area contributed by atoms with E-state index in [-0.39, 0.29) is 40.5 Å². The third kappa shape index (κ3) is 3.33. The number of halogens is 1. The van der Waals surface area contributed by atoms with Crippen molar-refractivity contribution >= 4 is 11.9 Å². The molecule has 3 aliphatic rings. The molecule has 4 nitrogen and oxygen atoms in total. The first-order valence-corrected chi connectivity index (χ1v) is 10.3. The number of esters is 1. The van der Waals surface area contributed by atoms with Crippen LogP contribution in [0.15, 0.2) is 18.2 Å². The molecule has 1 saturated heterocycles. The summed E-state index contributed by atoms with van der Waals surface area (Å²) in [4.78, 5) is 26.1. The zero-order chi connectivity index (χ0) is 20.3. The molecule has 5 heteroatoms. The van der Waals surface area contributed by atoms with Crippen molar-refractivity contribution in [3.8, 4) is 0 Å². The second-order valence-electron chi connectivity index (χ2n) is 10.2. The van der Waals surface area contributed by atoms with Crippen molar-refractivity contribution in [3.63, 3.8) is 0 Å². The van der Waals surface area contributed by atoms with Gasteiger partial charge in [-0.15, -0.1) is 0 Å². The van der Waals surface area contributed by atoms with Gasteiger partial charge in [-0.25, -0.2) is 4.39 Å². The first-order valence-electron chi connectivity index (χ1n) is 10.3. The third-order valence-corrected chi connectivity index (χ3v) is 7.05. The van der Waals surface area contributed by atoms with Crippen LogP contribution in [0.25, 0.3) is 0 Å². The van der Waals surface area contributed by atoms with E-state index in [0.717, 1.165) is 31.2 Å². The van der Waals surface area contributed by atoms with Gasteiger partial charge in [0, 0.05) is 24.4 Å². The van der Waals surface area contributed by atoms with Crippen LogP contribution in [0.4, 0.5) is 4.39 Å². The number of carbonyl (C=O) groups is 2. The predicted octanol–water partition coefficient (Wildman–Crippen LogP) is 4.17. The van der Waals surface area contributed by atoms with Crippen molar-refractivity contribution < 1.29 is 18.7 Å². The van der Waals surface area contributed by atoms with Crippen molar-refractivity contribution in [3.05, 3.63) is 35.1 Å². The molecule has 1 spiro atoms. The predicted molar refractivity (Wildman–Crippen MR) is 104 cm³/mol. The van der Waals surface area contributed by atoms with Crippen LogP contribution in [0.1, 0.15) is 69.9 Å². The molecule has 1 aromatic rings. The number of hydrogen-bond acceptors (Lipinski definition) is 3. The number of cyclic esters (lactones) is 1. The maximum absolute atomic E-state index is 14.2. The molecule has 28 heavy (non-hydrogen) atoms. The first kappa shape index (κ1) is 19.4. The van der Waals surface area contributed by atoms with Crippen LogP contribution in [0.5, 0.6) is 0 Å². The van der Waals surface area contributed by atoms with Gasteiger partial charge in [0.05, 0.1) is 13.0 Å². The van der Waals surface area contributed by atoms with E-state index in [2.05, 4.69) is 0 Å². The molecule has 0 atom stereocenters. The lowest BCUT2D eigenvalue weighted by molar-refractivity contribution is -0.146. The van der Waals surface area contributed by atoms with Crippen molar-refractivity contribution in [1.82, 2.24) is 4.90 Å². The van der Waals surface area contributed by atoms with Crippen molar-refractivity contribution in [2.45, 2.75) is 70.3 Å².